The van der Waals surface area contributed by atoms with Crippen LogP contribution in [0.5, 0.6) is 0 Å². The van der Waals surface area contributed by atoms with Crippen LogP contribution in [0.25, 0.3) is 66.8 Å². The van der Waals surface area contributed by atoms with E-state index < -0.39 is 5.41 Å². The van der Waals surface area contributed by atoms with Crippen LogP contribution < -0.4 is 4.90 Å². The third-order valence-electron chi connectivity index (χ3n) is 16.2. The van der Waals surface area contributed by atoms with E-state index in [9.17, 15) is 0 Å². The van der Waals surface area contributed by atoms with E-state index in [0.29, 0.717) is 0 Å². The van der Waals surface area contributed by atoms with Crippen molar-refractivity contribution < 1.29 is 0 Å². The van der Waals surface area contributed by atoms with Crippen LogP contribution in [0.1, 0.15) is 73.9 Å². The Morgan fingerprint density at radius 2 is 0.686 bits per heavy atom. The molecule has 0 saturated heterocycles. The summed E-state index contributed by atoms with van der Waals surface area (Å²) >= 11 is 0. The summed E-state index contributed by atoms with van der Waals surface area (Å²) in [5.41, 5.74) is 26.3. The zero-order valence-electron chi connectivity index (χ0n) is 40.4. The van der Waals surface area contributed by atoms with Gasteiger partial charge in [0.25, 0.3) is 0 Å². The van der Waals surface area contributed by atoms with E-state index in [1.165, 1.54) is 106 Å². The summed E-state index contributed by atoms with van der Waals surface area (Å²) < 4.78 is 0. The van der Waals surface area contributed by atoms with Crippen molar-refractivity contribution in [3.8, 4) is 66.8 Å². The second-order valence-corrected chi connectivity index (χ2v) is 21.0. The Balaban J connectivity index is 1.12. The van der Waals surface area contributed by atoms with Crippen molar-refractivity contribution in [3.63, 3.8) is 0 Å². The molecule has 0 bridgehead atoms. The van der Waals surface area contributed by atoms with Crippen molar-refractivity contribution in [1.29, 1.82) is 0 Å². The fourth-order valence-corrected chi connectivity index (χ4v) is 12.7. The summed E-state index contributed by atoms with van der Waals surface area (Å²) in [6.45, 7) is 9.84. The monoisotopic (exact) mass is 897 g/mol. The molecule has 1 spiro atoms. The number of benzene rings is 10. The third kappa shape index (κ3) is 6.38. The van der Waals surface area contributed by atoms with Crippen molar-refractivity contribution in [2.24, 2.45) is 0 Å². The minimum absolute atomic E-state index is 0.0316. The van der Waals surface area contributed by atoms with Gasteiger partial charge in [-0.1, -0.05) is 228 Å². The van der Waals surface area contributed by atoms with Crippen LogP contribution in [0.2, 0.25) is 0 Å². The standard InChI is InChI=1S/C69H55N/c1-67(2)42-43-68(3,4)66-57(29-19-33-63(66)67)59-44-58-56-28-15-18-32-62(56)69(60-30-16-13-26-54(60)55-27-14-17-31-61(55)69)64(58)45-65(59)70(50-38-34-47(35-39-50)46-20-7-5-8-21-46)51-40-36-49(37-41-51)53-25-12-11-24-52(53)48-22-9-6-10-23-48/h5-41,44-45H,42-43H2,1-4H3. The van der Waals surface area contributed by atoms with Gasteiger partial charge in [-0.05, 0) is 155 Å². The number of rotatable bonds is 7. The molecule has 0 heterocycles. The SMILES string of the molecule is CC1(C)CCC(C)(C)c2c(-c3cc4c(cc3N(c3ccc(-c5ccccc5)cc3)c3ccc(-c5ccccc5-c5ccccc5)cc3)C3(c5ccccc5-c5ccccc53)c3ccccc3-4)cccc21. The van der Waals surface area contributed by atoms with Gasteiger partial charge in [0.15, 0.2) is 0 Å². The predicted octanol–water partition coefficient (Wildman–Crippen LogP) is 18.5. The highest BCUT2D eigenvalue weighted by atomic mass is 15.1. The Bertz CT molecular complexity index is 3590. The van der Waals surface area contributed by atoms with E-state index in [1.54, 1.807) is 0 Å². The maximum Gasteiger partial charge on any atom is 0.0726 e. The predicted molar refractivity (Wildman–Crippen MR) is 294 cm³/mol. The molecule has 10 aromatic rings. The second kappa shape index (κ2) is 16.0. The number of fused-ring (bicyclic) bond motifs is 11. The molecule has 336 valence electrons. The molecule has 10 aromatic carbocycles. The normalized spacial score (nSPS) is 15.1. The van der Waals surface area contributed by atoms with Crippen LogP contribution in [-0.2, 0) is 16.2 Å². The summed E-state index contributed by atoms with van der Waals surface area (Å²) in [6.07, 6.45) is 2.28. The van der Waals surface area contributed by atoms with Crippen LogP contribution in [-0.4, -0.2) is 0 Å². The molecule has 3 aliphatic rings. The van der Waals surface area contributed by atoms with Gasteiger partial charge < -0.3 is 4.90 Å². The van der Waals surface area contributed by atoms with Crippen molar-refractivity contribution in [1.82, 2.24) is 0 Å². The minimum Gasteiger partial charge on any atom is -0.310 e. The van der Waals surface area contributed by atoms with Gasteiger partial charge in [-0.2, -0.15) is 0 Å². The molecule has 0 radical (unpaired) electrons. The Morgan fingerprint density at radius 1 is 0.286 bits per heavy atom. The van der Waals surface area contributed by atoms with Crippen LogP contribution in [0.3, 0.4) is 0 Å². The van der Waals surface area contributed by atoms with Crippen molar-refractivity contribution >= 4 is 17.1 Å². The number of hydrogen-bond donors (Lipinski definition) is 0. The van der Waals surface area contributed by atoms with E-state index in [-0.39, 0.29) is 10.8 Å². The molecule has 0 amide bonds. The largest absolute Gasteiger partial charge is 0.310 e. The number of nitrogens with zero attached hydrogens (tertiary/aromatic N) is 1. The first kappa shape index (κ1) is 42.1. The maximum absolute atomic E-state index is 2.60. The molecular formula is C69H55N. The van der Waals surface area contributed by atoms with Crippen LogP contribution in [0.4, 0.5) is 17.1 Å². The molecule has 0 N–H and O–H groups in total. The molecule has 0 aromatic heterocycles. The van der Waals surface area contributed by atoms with Gasteiger partial charge >= 0.3 is 0 Å². The number of anilines is 3. The summed E-state index contributed by atoms with van der Waals surface area (Å²) in [6, 6.07) is 88.8. The highest BCUT2D eigenvalue weighted by Crippen LogP contribution is 2.65. The van der Waals surface area contributed by atoms with Crippen LogP contribution in [0, 0.1) is 0 Å². The first-order chi connectivity index (χ1) is 34.2. The first-order valence-electron chi connectivity index (χ1n) is 25.1. The average molecular weight is 898 g/mol. The molecule has 0 fully saturated rings. The fraction of sp³-hybridized carbons (Fsp3) is 0.130. The molecule has 0 aliphatic heterocycles. The molecule has 3 aliphatic carbocycles. The van der Waals surface area contributed by atoms with Gasteiger partial charge in [-0.25, -0.2) is 0 Å². The van der Waals surface area contributed by atoms with Gasteiger partial charge in [0.1, 0.15) is 0 Å². The zero-order valence-corrected chi connectivity index (χ0v) is 40.4. The van der Waals surface area contributed by atoms with E-state index in [0.717, 1.165) is 24.2 Å². The quantitative estimate of drug-likeness (QED) is 0.154. The highest BCUT2D eigenvalue weighted by Gasteiger charge is 2.52. The summed E-state index contributed by atoms with van der Waals surface area (Å²) in [5.74, 6) is 0. The summed E-state index contributed by atoms with van der Waals surface area (Å²) in [5, 5.41) is 0. The Kier molecular flexibility index (Phi) is 9.65. The van der Waals surface area contributed by atoms with E-state index in [1.807, 2.05) is 0 Å². The van der Waals surface area contributed by atoms with Gasteiger partial charge in [0, 0.05) is 16.9 Å². The van der Waals surface area contributed by atoms with Crippen molar-refractivity contribution in [2.75, 3.05) is 4.90 Å². The highest BCUT2D eigenvalue weighted by molar-refractivity contribution is 6.01. The van der Waals surface area contributed by atoms with Gasteiger partial charge in [-0.3, -0.25) is 0 Å². The Hall–Kier alpha value is -8.00. The Labute approximate surface area is 413 Å². The van der Waals surface area contributed by atoms with Gasteiger partial charge in [-0.15, -0.1) is 0 Å². The van der Waals surface area contributed by atoms with Gasteiger partial charge in [0.2, 0.25) is 0 Å². The lowest BCUT2D eigenvalue weighted by Crippen LogP contribution is -2.34. The lowest BCUT2D eigenvalue weighted by atomic mass is 9.61. The fourth-order valence-electron chi connectivity index (χ4n) is 12.7. The average Bonchev–Trinajstić information content (AvgIpc) is 3.87. The van der Waals surface area contributed by atoms with E-state index >= 15 is 0 Å². The zero-order chi connectivity index (χ0) is 47.2. The summed E-state index contributed by atoms with van der Waals surface area (Å²) in [7, 11) is 0. The Morgan fingerprint density at radius 3 is 1.24 bits per heavy atom. The second-order valence-electron chi connectivity index (χ2n) is 21.0. The molecule has 1 nitrogen and oxygen atoms in total. The van der Waals surface area contributed by atoms with E-state index in [2.05, 4.69) is 269 Å². The molecule has 0 unspecified atom stereocenters. The lowest BCUT2D eigenvalue weighted by Gasteiger charge is -2.43. The van der Waals surface area contributed by atoms with Crippen molar-refractivity contribution in [2.45, 2.75) is 56.8 Å². The third-order valence-corrected chi connectivity index (χ3v) is 16.2. The number of hydrogen-bond acceptors (Lipinski definition) is 1. The maximum atomic E-state index is 2.60. The minimum atomic E-state index is -0.502. The summed E-state index contributed by atoms with van der Waals surface area (Å²) in [4.78, 5) is 2.56. The van der Waals surface area contributed by atoms with Crippen LogP contribution >= 0.6 is 0 Å². The van der Waals surface area contributed by atoms with Gasteiger partial charge in [0.05, 0.1) is 11.1 Å². The molecule has 0 saturated carbocycles. The smallest absolute Gasteiger partial charge is 0.0726 e. The molecule has 13 rings (SSSR count). The first-order valence-corrected chi connectivity index (χ1v) is 25.1. The van der Waals surface area contributed by atoms with Crippen LogP contribution in [0.15, 0.2) is 237 Å². The molecule has 1 heteroatoms. The van der Waals surface area contributed by atoms with Crippen molar-refractivity contribution in [3.05, 3.63) is 270 Å². The molecule has 70 heavy (non-hydrogen) atoms. The molecule has 0 atom stereocenters. The van der Waals surface area contributed by atoms with E-state index in [4.69, 9.17) is 0 Å². The molecular weight excluding hydrogens is 843 g/mol. The topological polar surface area (TPSA) is 3.24 Å². The lowest BCUT2D eigenvalue weighted by molar-refractivity contribution is 0.333.